The first-order valence-electron chi connectivity index (χ1n) is 10.5. The molecule has 1 aliphatic rings. The molecule has 3 rings (SSSR count). The van der Waals surface area contributed by atoms with Crippen LogP contribution in [-0.4, -0.2) is 71.2 Å². The van der Waals surface area contributed by atoms with E-state index in [-0.39, 0.29) is 35.1 Å². The lowest BCUT2D eigenvalue weighted by Crippen LogP contribution is -2.44. The van der Waals surface area contributed by atoms with Crippen LogP contribution in [0.1, 0.15) is 23.7 Å². The molecule has 9 nitrogen and oxygen atoms in total. The van der Waals surface area contributed by atoms with Crippen LogP contribution in [0.15, 0.2) is 59.5 Å². The molecule has 0 unspecified atom stereocenters. The standard InChI is InChI=1S/C22H27N3O6S2/c1-3-25(15-21(26)23-18-13-14-32(28,29)16-18)22(27)17-9-11-20(12-10-17)33(30,31)24(2)19-7-5-4-6-8-19/h4-12,18H,3,13-16H2,1-2H3,(H,23,26)/t18-/m1/s1. The van der Waals surface area contributed by atoms with Crippen molar-refractivity contribution in [3.63, 3.8) is 0 Å². The Kier molecular flexibility index (Phi) is 7.43. The Morgan fingerprint density at radius 1 is 1.06 bits per heavy atom. The number of benzene rings is 2. The van der Waals surface area contributed by atoms with Crippen molar-refractivity contribution in [3.05, 3.63) is 60.2 Å². The topological polar surface area (TPSA) is 121 Å². The maximum Gasteiger partial charge on any atom is 0.264 e. The smallest absolute Gasteiger partial charge is 0.264 e. The SMILES string of the molecule is CCN(CC(=O)N[C@@H]1CCS(=O)(=O)C1)C(=O)c1ccc(S(=O)(=O)N(C)c2ccccc2)cc1. The van der Waals surface area contributed by atoms with Crippen molar-refractivity contribution in [2.24, 2.45) is 0 Å². The van der Waals surface area contributed by atoms with E-state index < -0.39 is 37.7 Å². The van der Waals surface area contributed by atoms with Crippen LogP contribution in [0, 0.1) is 0 Å². The van der Waals surface area contributed by atoms with Gasteiger partial charge >= 0.3 is 0 Å². The third kappa shape index (κ3) is 5.91. The molecule has 0 bridgehead atoms. The zero-order chi connectivity index (χ0) is 24.2. The highest BCUT2D eigenvalue weighted by Gasteiger charge is 2.29. The number of hydrogen-bond donors (Lipinski definition) is 1. The van der Waals surface area contributed by atoms with E-state index in [1.807, 2.05) is 0 Å². The number of carbonyl (C=O) groups excluding carboxylic acids is 2. The van der Waals surface area contributed by atoms with Gasteiger partial charge in [0.25, 0.3) is 15.9 Å². The number of sulfonamides is 1. The first-order chi connectivity index (χ1) is 15.5. The summed E-state index contributed by atoms with van der Waals surface area (Å²) in [6.07, 6.45) is 0.363. The Morgan fingerprint density at radius 3 is 2.24 bits per heavy atom. The second-order valence-electron chi connectivity index (χ2n) is 7.82. The third-order valence-corrected chi connectivity index (χ3v) is 9.05. The van der Waals surface area contributed by atoms with Crippen LogP contribution in [0.4, 0.5) is 5.69 Å². The minimum absolute atomic E-state index is 0.0358. The number of likely N-dealkylation sites (N-methyl/N-ethyl adjacent to an activating group) is 1. The number of para-hydroxylation sites is 1. The van der Waals surface area contributed by atoms with Crippen molar-refractivity contribution in [2.75, 3.05) is 35.9 Å². The first-order valence-corrected chi connectivity index (χ1v) is 13.7. The second kappa shape index (κ2) is 9.92. The fourth-order valence-electron chi connectivity index (χ4n) is 3.57. The third-order valence-electron chi connectivity index (χ3n) is 5.48. The number of nitrogens with zero attached hydrogens (tertiary/aromatic N) is 2. The Bertz CT molecular complexity index is 1210. The minimum atomic E-state index is -3.81. The molecule has 2 amide bonds. The summed E-state index contributed by atoms with van der Waals surface area (Å²) in [5.41, 5.74) is 0.755. The van der Waals surface area contributed by atoms with E-state index in [4.69, 9.17) is 0 Å². The molecule has 1 atom stereocenters. The molecule has 1 saturated heterocycles. The van der Waals surface area contributed by atoms with Gasteiger partial charge in [0.15, 0.2) is 9.84 Å². The second-order valence-corrected chi connectivity index (χ2v) is 12.0. The van der Waals surface area contributed by atoms with Crippen molar-refractivity contribution >= 4 is 37.4 Å². The van der Waals surface area contributed by atoms with Crippen molar-refractivity contribution in [1.29, 1.82) is 0 Å². The number of rotatable bonds is 8. The van der Waals surface area contributed by atoms with Gasteiger partial charge in [-0.25, -0.2) is 16.8 Å². The van der Waals surface area contributed by atoms with Crippen LogP contribution in [0.3, 0.4) is 0 Å². The van der Waals surface area contributed by atoms with Crippen molar-refractivity contribution in [3.8, 4) is 0 Å². The summed E-state index contributed by atoms with van der Waals surface area (Å²) in [7, 11) is -5.47. The molecule has 2 aromatic rings. The van der Waals surface area contributed by atoms with Gasteiger partial charge in [-0.3, -0.25) is 13.9 Å². The average Bonchev–Trinajstić information content (AvgIpc) is 3.14. The van der Waals surface area contributed by atoms with Gasteiger partial charge in [-0.15, -0.1) is 0 Å². The number of nitrogens with one attached hydrogen (secondary N) is 1. The Balaban J connectivity index is 1.67. The fraction of sp³-hybridized carbons (Fsp3) is 0.364. The van der Waals surface area contributed by atoms with E-state index in [0.717, 1.165) is 4.31 Å². The average molecular weight is 494 g/mol. The van der Waals surface area contributed by atoms with Crippen molar-refractivity contribution in [2.45, 2.75) is 24.3 Å². The van der Waals surface area contributed by atoms with Gasteiger partial charge in [0.05, 0.1) is 28.6 Å². The monoisotopic (exact) mass is 493 g/mol. The lowest BCUT2D eigenvalue weighted by Gasteiger charge is -2.22. The molecule has 0 saturated carbocycles. The molecule has 2 aromatic carbocycles. The lowest BCUT2D eigenvalue weighted by molar-refractivity contribution is -0.122. The summed E-state index contributed by atoms with van der Waals surface area (Å²) in [6.45, 7) is 1.76. The molecular weight excluding hydrogens is 466 g/mol. The number of anilines is 1. The van der Waals surface area contributed by atoms with Crippen LogP contribution in [-0.2, 0) is 24.7 Å². The quantitative estimate of drug-likeness (QED) is 0.591. The van der Waals surface area contributed by atoms with Gasteiger partial charge in [0.1, 0.15) is 0 Å². The molecule has 1 aliphatic heterocycles. The molecular formula is C22H27N3O6S2. The summed E-state index contributed by atoms with van der Waals surface area (Å²) in [6, 6.07) is 13.7. The minimum Gasteiger partial charge on any atom is -0.351 e. The highest BCUT2D eigenvalue weighted by Crippen LogP contribution is 2.22. The zero-order valence-electron chi connectivity index (χ0n) is 18.5. The first kappa shape index (κ1) is 24.7. The molecule has 0 spiro atoms. The summed E-state index contributed by atoms with van der Waals surface area (Å²) in [4.78, 5) is 26.5. The highest BCUT2D eigenvalue weighted by molar-refractivity contribution is 7.92. The van der Waals surface area contributed by atoms with Gasteiger partial charge < -0.3 is 10.2 Å². The maximum atomic E-state index is 12.9. The zero-order valence-corrected chi connectivity index (χ0v) is 20.1. The van der Waals surface area contributed by atoms with Crippen LogP contribution in [0.5, 0.6) is 0 Å². The van der Waals surface area contributed by atoms with E-state index in [1.165, 1.54) is 36.2 Å². The van der Waals surface area contributed by atoms with Crippen LogP contribution < -0.4 is 9.62 Å². The Labute approximate surface area is 194 Å². The molecule has 1 N–H and O–H groups in total. The molecule has 1 heterocycles. The molecule has 0 radical (unpaired) electrons. The van der Waals surface area contributed by atoms with Gasteiger partial charge in [-0.1, -0.05) is 18.2 Å². The van der Waals surface area contributed by atoms with Crippen LogP contribution >= 0.6 is 0 Å². The van der Waals surface area contributed by atoms with Gasteiger partial charge in [-0.05, 0) is 49.7 Å². The van der Waals surface area contributed by atoms with Crippen LogP contribution in [0.2, 0.25) is 0 Å². The van der Waals surface area contributed by atoms with E-state index in [0.29, 0.717) is 12.1 Å². The number of amides is 2. The summed E-state index contributed by atoms with van der Waals surface area (Å²) in [5, 5.41) is 2.67. The van der Waals surface area contributed by atoms with Crippen LogP contribution in [0.25, 0.3) is 0 Å². The molecule has 0 aromatic heterocycles. The fourth-order valence-corrected chi connectivity index (χ4v) is 6.44. The largest absolute Gasteiger partial charge is 0.351 e. The Morgan fingerprint density at radius 2 is 1.70 bits per heavy atom. The van der Waals surface area contributed by atoms with Gasteiger partial charge in [0, 0.05) is 25.2 Å². The van der Waals surface area contributed by atoms with E-state index in [9.17, 15) is 26.4 Å². The van der Waals surface area contributed by atoms with E-state index in [1.54, 1.807) is 37.3 Å². The van der Waals surface area contributed by atoms with Crippen molar-refractivity contribution in [1.82, 2.24) is 10.2 Å². The molecule has 178 valence electrons. The summed E-state index contributed by atoms with van der Waals surface area (Å²) < 4.78 is 50.1. The normalized spacial score (nSPS) is 17.3. The molecule has 11 heteroatoms. The number of carbonyl (C=O) groups is 2. The van der Waals surface area contributed by atoms with E-state index >= 15 is 0 Å². The summed E-state index contributed by atoms with van der Waals surface area (Å²) >= 11 is 0. The number of sulfone groups is 1. The maximum absolute atomic E-state index is 12.9. The molecule has 0 aliphatic carbocycles. The predicted octanol–water partition coefficient (Wildman–Crippen LogP) is 1.28. The summed E-state index contributed by atoms with van der Waals surface area (Å²) in [5.74, 6) is -0.905. The predicted molar refractivity (Wildman–Crippen MR) is 125 cm³/mol. The highest BCUT2D eigenvalue weighted by atomic mass is 32.2. The van der Waals surface area contributed by atoms with Crippen molar-refractivity contribution < 1.29 is 26.4 Å². The van der Waals surface area contributed by atoms with E-state index in [2.05, 4.69) is 5.32 Å². The Hall–Kier alpha value is -2.92. The molecule has 1 fully saturated rings. The van der Waals surface area contributed by atoms with Gasteiger partial charge in [0.2, 0.25) is 5.91 Å². The molecule has 33 heavy (non-hydrogen) atoms. The van der Waals surface area contributed by atoms with Gasteiger partial charge in [-0.2, -0.15) is 0 Å². The lowest BCUT2D eigenvalue weighted by atomic mass is 10.2. The number of hydrogen-bond acceptors (Lipinski definition) is 6.